The summed E-state index contributed by atoms with van der Waals surface area (Å²) in [5.41, 5.74) is 0. The summed E-state index contributed by atoms with van der Waals surface area (Å²) in [6, 6.07) is -0.365. The molecule has 2 unspecified atom stereocenters. The summed E-state index contributed by atoms with van der Waals surface area (Å²) < 4.78 is 5.27. The number of hydrogen-bond donors (Lipinski definition) is 0. The van der Waals surface area contributed by atoms with Crippen molar-refractivity contribution in [2.75, 3.05) is 7.11 Å². The maximum Gasteiger partial charge on any atom is 0.228 e. The first-order valence-corrected chi connectivity index (χ1v) is 5.17. The molecule has 2 atom stereocenters. The summed E-state index contributed by atoms with van der Waals surface area (Å²) >= 11 is 0.862. The lowest BCUT2D eigenvalue weighted by Gasteiger charge is -2.21. The predicted molar refractivity (Wildman–Crippen MR) is 47.4 cm³/mol. The van der Waals surface area contributed by atoms with Gasteiger partial charge in [0.05, 0.1) is 12.9 Å². The Morgan fingerprint density at radius 2 is 2.50 bits per heavy atom. The number of nitrogens with zero attached hydrogens (tertiary/aromatic N) is 1. The van der Waals surface area contributed by atoms with Gasteiger partial charge in [-0.25, -0.2) is 0 Å². The zero-order chi connectivity index (χ0) is 9.14. The fraction of sp³-hybridized carbons (Fsp3) is 0.714. The van der Waals surface area contributed by atoms with Crippen LogP contribution in [-0.2, 0) is 4.74 Å². The molecule has 0 N–H and O–H groups in total. The van der Waals surface area contributed by atoms with Gasteiger partial charge in [0.1, 0.15) is 0 Å². The van der Waals surface area contributed by atoms with E-state index in [2.05, 4.69) is 0 Å². The van der Waals surface area contributed by atoms with Gasteiger partial charge in [0.25, 0.3) is 0 Å². The smallest absolute Gasteiger partial charge is 0.228 e. The van der Waals surface area contributed by atoms with Crippen LogP contribution in [0.15, 0.2) is 11.8 Å². The summed E-state index contributed by atoms with van der Waals surface area (Å²) in [5, 5.41) is 10.5. The first kappa shape index (κ1) is 9.56. The molecule has 0 aromatic heterocycles. The topological polar surface area (TPSA) is 52.4 Å². The van der Waals surface area contributed by atoms with Gasteiger partial charge in [-0.2, -0.15) is 0 Å². The Balaban J connectivity index is 2.64. The normalized spacial score (nSPS) is 29.2. The SMILES string of the molecule is COC1=CCC([N+](=O)[O-])[CH]([AlH2])C1. The first-order valence-electron chi connectivity index (χ1n) is 4.01. The Morgan fingerprint density at radius 1 is 1.83 bits per heavy atom. The van der Waals surface area contributed by atoms with Gasteiger partial charge in [-0.1, -0.05) is 0 Å². The molecule has 0 saturated carbocycles. The molecule has 0 aliphatic heterocycles. The van der Waals surface area contributed by atoms with Crippen LogP contribution in [0, 0.1) is 10.1 Å². The molecule has 0 bridgehead atoms. The number of rotatable bonds is 2. The maximum absolute atomic E-state index is 10.5. The second-order valence-electron chi connectivity index (χ2n) is 3.14. The summed E-state index contributed by atoms with van der Waals surface area (Å²) in [5.74, 6) is 0.910. The molecular formula is C7H12AlNO3. The summed E-state index contributed by atoms with van der Waals surface area (Å²) in [6.45, 7) is 0. The second-order valence-corrected chi connectivity index (χ2v) is 4.63. The Morgan fingerprint density at radius 3 is 2.92 bits per heavy atom. The molecule has 0 radical (unpaired) electrons. The molecule has 1 aliphatic rings. The summed E-state index contributed by atoms with van der Waals surface area (Å²) in [6.07, 6.45) is 3.11. The third-order valence-corrected chi connectivity index (χ3v) is 3.48. The number of allylic oxidation sites excluding steroid dienone is 1. The van der Waals surface area contributed by atoms with E-state index in [-0.39, 0.29) is 15.7 Å². The maximum atomic E-state index is 10.5. The minimum atomic E-state index is -0.365. The van der Waals surface area contributed by atoms with Crippen LogP contribution >= 0.6 is 0 Å². The van der Waals surface area contributed by atoms with Gasteiger partial charge in [-0.15, -0.1) is 0 Å². The molecule has 1 rings (SSSR count). The molecule has 0 fully saturated rings. The number of nitro groups is 1. The van der Waals surface area contributed by atoms with E-state index in [0.717, 1.165) is 28.5 Å². The number of ether oxygens (including phenoxy) is 1. The van der Waals surface area contributed by atoms with Gasteiger partial charge >= 0.3 is 0 Å². The first-order chi connectivity index (χ1) is 5.65. The van der Waals surface area contributed by atoms with Gasteiger partial charge in [0.2, 0.25) is 22.3 Å². The fourth-order valence-electron chi connectivity index (χ4n) is 1.48. The molecule has 4 nitrogen and oxygen atoms in total. The molecule has 0 heterocycles. The third kappa shape index (κ3) is 1.99. The van der Waals surface area contributed by atoms with Crippen molar-refractivity contribution in [2.45, 2.75) is 23.7 Å². The van der Waals surface area contributed by atoms with Gasteiger partial charge in [0.15, 0.2) is 0 Å². The standard InChI is InChI=1S/C7H10NO3.Al.2H/c1-11-7-4-2-6(3-5-7)8(9)10;;;/h2,5-6H,3-4H2,1H3;;;. The van der Waals surface area contributed by atoms with Crippen LogP contribution in [0.25, 0.3) is 0 Å². The molecule has 1 aliphatic carbocycles. The van der Waals surface area contributed by atoms with Gasteiger partial charge in [-0.3, -0.25) is 10.1 Å². The van der Waals surface area contributed by atoms with Crippen LogP contribution in [0.1, 0.15) is 12.8 Å². The molecule has 0 spiro atoms. The quantitative estimate of drug-likeness (QED) is 0.355. The number of methoxy groups -OCH3 is 1. The molecule has 0 amide bonds. The van der Waals surface area contributed by atoms with Gasteiger partial charge in [0, 0.05) is 17.8 Å². The lowest BCUT2D eigenvalue weighted by atomic mass is 10.0. The van der Waals surface area contributed by atoms with Crippen molar-refractivity contribution in [1.82, 2.24) is 0 Å². The number of hydrogen-bond acceptors (Lipinski definition) is 3. The van der Waals surface area contributed by atoms with Crippen molar-refractivity contribution >= 4 is 16.3 Å². The van der Waals surface area contributed by atoms with E-state index >= 15 is 0 Å². The van der Waals surface area contributed by atoms with E-state index in [1.807, 2.05) is 6.08 Å². The highest BCUT2D eigenvalue weighted by Crippen LogP contribution is 2.28. The highest BCUT2D eigenvalue weighted by molar-refractivity contribution is 6.12. The van der Waals surface area contributed by atoms with Crippen LogP contribution in [0.5, 0.6) is 0 Å². The Hall–Kier alpha value is -0.528. The molecule has 5 heteroatoms. The van der Waals surface area contributed by atoms with Crippen molar-refractivity contribution in [3.63, 3.8) is 0 Å². The minimum Gasteiger partial charge on any atom is -0.501 e. The van der Waals surface area contributed by atoms with Crippen molar-refractivity contribution in [3.05, 3.63) is 21.9 Å². The Kier molecular flexibility index (Phi) is 3.13. The molecule has 0 aromatic carbocycles. The Bertz CT molecular complexity index is 217. The van der Waals surface area contributed by atoms with Crippen molar-refractivity contribution in [3.8, 4) is 0 Å². The lowest BCUT2D eigenvalue weighted by molar-refractivity contribution is -0.522. The van der Waals surface area contributed by atoms with Gasteiger partial charge < -0.3 is 4.74 Å². The zero-order valence-electron chi connectivity index (χ0n) is 7.32. The fourth-order valence-corrected chi connectivity index (χ4v) is 2.40. The summed E-state index contributed by atoms with van der Waals surface area (Å²) in [4.78, 5) is 10.4. The summed E-state index contributed by atoms with van der Waals surface area (Å²) in [7, 11) is 1.62. The van der Waals surface area contributed by atoms with Crippen molar-refractivity contribution in [2.24, 2.45) is 0 Å². The molecule has 0 aromatic rings. The van der Waals surface area contributed by atoms with Crippen molar-refractivity contribution in [1.29, 1.82) is 0 Å². The van der Waals surface area contributed by atoms with E-state index in [1.54, 1.807) is 7.11 Å². The predicted octanol–water partition coefficient (Wildman–Crippen LogP) is 0.377. The van der Waals surface area contributed by atoms with Crippen LogP contribution in [0.2, 0.25) is 4.78 Å². The van der Waals surface area contributed by atoms with E-state index in [1.165, 1.54) is 0 Å². The van der Waals surface area contributed by atoms with E-state index in [9.17, 15) is 10.1 Å². The second kappa shape index (κ2) is 3.93. The minimum absolute atomic E-state index is 0.166. The largest absolute Gasteiger partial charge is 0.501 e. The third-order valence-electron chi connectivity index (χ3n) is 2.30. The molecule has 0 saturated heterocycles. The lowest BCUT2D eigenvalue weighted by Crippen LogP contribution is -2.28. The molecule has 12 heavy (non-hydrogen) atoms. The molecular weight excluding hydrogens is 173 g/mol. The van der Waals surface area contributed by atoms with Crippen LogP contribution in [0.3, 0.4) is 0 Å². The van der Waals surface area contributed by atoms with Crippen LogP contribution in [0.4, 0.5) is 0 Å². The van der Waals surface area contributed by atoms with E-state index in [4.69, 9.17) is 4.74 Å². The Labute approximate surface area is 79.2 Å². The van der Waals surface area contributed by atoms with Crippen LogP contribution < -0.4 is 0 Å². The van der Waals surface area contributed by atoms with E-state index in [0.29, 0.717) is 6.42 Å². The average Bonchev–Trinajstić information content (AvgIpc) is 2.03. The van der Waals surface area contributed by atoms with Gasteiger partial charge in [-0.05, 0) is 10.9 Å². The monoisotopic (exact) mass is 185 g/mol. The highest BCUT2D eigenvalue weighted by Gasteiger charge is 2.30. The zero-order valence-corrected chi connectivity index (χ0v) is 9.32. The van der Waals surface area contributed by atoms with E-state index < -0.39 is 0 Å². The van der Waals surface area contributed by atoms with Crippen molar-refractivity contribution < 1.29 is 9.66 Å². The average molecular weight is 185 g/mol. The highest BCUT2D eigenvalue weighted by atomic mass is 27.0. The van der Waals surface area contributed by atoms with Crippen LogP contribution in [-0.4, -0.2) is 34.4 Å². The molecule has 66 valence electrons.